The van der Waals surface area contributed by atoms with Crippen molar-refractivity contribution >= 4 is 38.9 Å². The van der Waals surface area contributed by atoms with Crippen LogP contribution in [0.2, 0.25) is 0 Å². The van der Waals surface area contributed by atoms with Crippen LogP contribution < -0.4 is 10.6 Å². The van der Waals surface area contributed by atoms with Crippen molar-refractivity contribution in [2.45, 2.75) is 19.9 Å². The van der Waals surface area contributed by atoms with Crippen LogP contribution in [0.25, 0.3) is 0 Å². The summed E-state index contributed by atoms with van der Waals surface area (Å²) < 4.78 is 2.91. The van der Waals surface area contributed by atoms with E-state index in [1.165, 1.54) is 5.56 Å². The second-order valence-electron chi connectivity index (χ2n) is 4.53. The first-order valence-electron chi connectivity index (χ1n) is 6.43. The van der Waals surface area contributed by atoms with E-state index >= 15 is 0 Å². The standard InChI is InChI=1S/C14H17BrN4S/c1-11-4-2-5-13(8-11)18-14(20)16-6-3-7-19-10-12(15)9-17-19/h2,4-5,8-10H,3,6-7H2,1H3,(H2,16,18,20). The van der Waals surface area contributed by atoms with E-state index in [4.69, 9.17) is 12.2 Å². The molecule has 0 aliphatic rings. The van der Waals surface area contributed by atoms with Gasteiger partial charge in [-0.05, 0) is 59.2 Å². The molecule has 0 spiro atoms. The minimum atomic E-state index is 0.650. The molecule has 0 atom stereocenters. The molecule has 1 aromatic carbocycles. The third-order valence-corrected chi connectivity index (χ3v) is 3.38. The second-order valence-corrected chi connectivity index (χ2v) is 5.85. The van der Waals surface area contributed by atoms with Gasteiger partial charge in [0, 0.05) is 25.0 Å². The number of thiocarbonyl (C=S) groups is 1. The fourth-order valence-corrected chi connectivity index (χ4v) is 2.35. The first kappa shape index (κ1) is 15.0. The SMILES string of the molecule is Cc1cccc(NC(=S)NCCCn2cc(Br)cn2)c1. The summed E-state index contributed by atoms with van der Waals surface area (Å²) in [7, 11) is 0. The monoisotopic (exact) mass is 352 g/mol. The maximum Gasteiger partial charge on any atom is 0.170 e. The van der Waals surface area contributed by atoms with E-state index in [-0.39, 0.29) is 0 Å². The summed E-state index contributed by atoms with van der Waals surface area (Å²) in [5.41, 5.74) is 2.22. The normalized spacial score (nSPS) is 10.3. The Morgan fingerprint density at radius 3 is 3.00 bits per heavy atom. The fraction of sp³-hybridized carbons (Fsp3) is 0.286. The van der Waals surface area contributed by atoms with E-state index < -0.39 is 0 Å². The quantitative estimate of drug-likeness (QED) is 0.639. The van der Waals surface area contributed by atoms with Gasteiger partial charge in [0.15, 0.2) is 5.11 Å². The van der Waals surface area contributed by atoms with Crippen LogP contribution in [-0.2, 0) is 6.54 Å². The zero-order valence-electron chi connectivity index (χ0n) is 11.3. The summed E-state index contributed by atoms with van der Waals surface area (Å²) in [4.78, 5) is 0. The van der Waals surface area contributed by atoms with Crippen LogP contribution in [0.15, 0.2) is 41.1 Å². The minimum Gasteiger partial charge on any atom is -0.362 e. The largest absolute Gasteiger partial charge is 0.362 e. The predicted molar refractivity (Wildman–Crippen MR) is 89.9 cm³/mol. The number of nitrogens with zero attached hydrogens (tertiary/aromatic N) is 2. The topological polar surface area (TPSA) is 41.9 Å². The molecule has 0 bridgehead atoms. The highest BCUT2D eigenvalue weighted by Gasteiger charge is 1.98. The number of anilines is 1. The first-order valence-corrected chi connectivity index (χ1v) is 7.63. The van der Waals surface area contributed by atoms with Crippen molar-refractivity contribution in [3.63, 3.8) is 0 Å². The molecule has 20 heavy (non-hydrogen) atoms. The Morgan fingerprint density at radius 2 is 2.30 bits per heavy atom. The van der Waals surface area contributed by atoms with E-state index in [0.29, 0.717) is 5.11 Å². The molecule has 106 valence electrons. The van der Waals surface area contributed by atoms with Crippen molar-refractivity contribution in [3.8, 4) is 0 Å². The van der Waals surface area contributed by atoms with Crippen molar-refractivity contribution in [1.29, 1.82) is 0 Å². The van der Waals surface area contributed by atoms with Gasteiger partial charge in [0.25, 0.3) is 0 Å². The van der Waals surface area contributed by atoms with E-state index in [0.717, 1.165) is 29.7 Å². The number of nitrogens with one attached hydrogen (secondary N) is 2. The Bertz CT molecular complexity index is 582. The minimum absolute atomic E-state index is 0.650. The molecule has 0 amide bonds. The summed E-state index contributed by atoms with van der Waals surface area (Å²) in [6.45, 7) is 3.74. The zero-order valence-corrected chi connectivity index (χ0v) is 13.7. The van der Waals surface area contributed by atoms with Gasteiger partial charge in [-0.3, -0.25) is 4.68 Å². The number of aryl methyl sites for hydroxylation is 2. The lowest BCUT2D eigenvalue weighted by atomic mass is 10.2. The molecule has 0 saturated carbocycles. The van der Waals surface area contributed by atoms with Gasteiger partial charge in [-0.2, -0.15) is 5.10 Å². The molecule has 0 aliphatic carbocycles. The Labute approximate surface area is 132 Å². The second kappa shape index (κ2) is 7.40. The Hall–Kier alpha value is -1.40. The Balaban J connectivity index is 1.67. The summed E-state index contributed by atoms with van der Waals surface area (Å²) in [6.07, 6.45) is 4.71. The van der Waals surface area contributed by atoms with Crippen molar-refractivity contribution < 1.29 is 0 Å². The molecule has 6 heteroatoms. The molecule has 4 nitrogen and oxygen atoms in total. The van der Waals surface area contributed by atoms with Crippen molar-refractivity contribution in [3.05, 3.63) is 46.7 Å². The Kier molecular flexibility index (Phi) is 5.55. The maximum absolute atomic E-state index is 5.26. The van der Waals surface area contributed by atoms with Crippen LogP contribution in [0.1, 0.15) is 12.0 Å². The summed E-state index contributed by atoms with van der Waals surface area (Å²) in [6, 6.07) is 8.14. The molecular weight excluding hydrogens is 336 g/mol. The van der Waals surface area contributed by atoms with Crippen LogP contribution >= 0.6 is 28.1 Å². The van der Waals surface area contributed by atoms with Crippen LogP contribution in [0.3, 0.4) is 0 Å². The lowest BCUT2D eigenvalue weighted by Gasteiger charge is -2.10. The van der Waals surface area contributed by atoms with Crippen LogP contribution in [-0.4, -0.2) is 21.4 Å². The molecule has 2 N–H and O–H groups in total. The lowest BCUT2D eigenvalue weighted by Crippen LogP contribution is -2.29. The lowest BCUT2D eigenvalue weighted by molar-refractivity contribution is 0.573. The summed E-state index contributed by atoms with van der Waals surface area (Å²) >= 11 is 8.64. The maximum atomic E-state index is 5.26. The van der Waals surface area contributed by atoms with Crippen LogP contribution in [0, 0.1) is 6.92 Å². The number of hydrogen-bond acceptors (Lipinski definition) is 2. The first-order chi connectivity index (χ1) is 9.63. The molecular formula is C14H17BrN4S. The number of aromatic nitrogens is 2. The van der Waals surface area contributed by atoms with Gasteiger partial charge in [0.2, 0.25) is 0 Å². The highest BCUT2D eigenvalue weighted by molar-refractivity contribution is 9.10. The zero-order chi connectivity index (χ0) is 14.4. The molecule has 1 heterocycles. The van der Waals surface area contributed by atoms with Crippen molar-refractivity contribution in [2.24, 2.45) is 0 Å². The molecule has 2 rings (SSSR count). The Morgan fingerprint density at radius 1 is 1.45 bits per heavy atom. The average molecular weight is 353 g/mol. The van der Waals surface area contributed by atoms with Crippen LogP contribution in [0.4, 0.5) is 5.69 Å². The van der Waals surface area contributed by atoms with Crippen LogP contribution in [0.5, 0.6) is 0 Å². The third-order valence-electron chi connectivity index (χ3n) is 2.73. The highest BCUT2D eigenvalue weighted by atomic mass is 79.9. The molecule has 1 aromatic heterocycles. The van der Waals surface area contributed by atoms with E-state index in [1.807, 2.05) is 23.0 Å². The number of rotatable bonds is 5. The molecule has 2 aromatic rings. The van der Waals surface area contributed by atoms with Gasteiger partial charge < -0.3 is 10.6 Å². The van der Waals surface area contributed by atoms with Gasteiger partial charge in [0.1, 0.15) is 0 Å². The highest BCUT2D eigenvalue weighted by Crippen LogP contribution is 2.09. The van der Waals surface area contributed by atoms with Crippen molar-refractivity contribution in [1.82, 2.24) is 15.1 Å². The average Bonchev–Trinajstić information content (AvgIpc) is 2.80. The summed E-state index contributed by atoms with van der Waals surface area (Å²) in [5.74, 6) is 0. The third kappa shape index (κ3) is 4.94. The molecule has 0 aliphatic heterocycles. The molecule has 0 saturated heterocycles. The number of halogens is 1. The smallest absolute Gasteiger partial charge is 0.170 e. The van der Waals surface area contributed by atoms with Gasteiger partial charge in [-0.25, -0.2) is 0 Å². The fourth-order valence-electron chi connectivity index (χ4n) is 1.80. The molecule has 0 fully saturated rings. The van der Waals surface area contributed by atoms with Gasteiger partial charge in [-0.1, -0.05) is 12.1 Å². The molecule has 0 radical (unpaired) electrons. The van der Waals surface area contributed by atoms with E-state index in [1.54, 1.807) is 6.20 Å². The predicted octanol–water partition coefficient (Wildman–Crippen LogP) is 3.33. The van der Waals surface area contributed by atoms with Gasteiger partial charge in [0.05, 0.1) is 10.7 Å². The van der Waals surface area contributed by atoms with E-state index in [9.17, 15) is 0 Å². The van der Waals surface area contributed by atoms with Gasteiger partial charge >= 0.3 is 0 Å². The number of benzene rings is 1. The van der Waals surface area contributed by atoms with Gasteiger partial charge in [-0.15, -0.1) is 0 Å². The molecule has 0 unspecified atom stereocenters. The summed E-state index contributed by atoms with van der Waals surface area (Å²) in [5, 5.41) is 11.2. The number of hydrogen-bond donors (Lipinski definition) is 2. The van der Waals surface area contributed by atoms with E-state index in [2.05, 4.69) is 50.7 Å². The van der Waals surface area contributed by atoms with Crippen molar-refractivity contribution in [2.75, 3.05) is 11.9 Å².